The molecule has 0 spiro atoms. The lowest BCUT2D eigenvalue weighted by Gasteiger charge is -2.18. The smallest absolute Gasteiger partial charge is 0.380 e. The Morgan fingerprint density at radius 2 is 1.55 bits per heavy atom. The Balaban J connectivity index is 2.12. The third-order valence-corrected chi connectivity index (χ3v) is 4.92. The van der Waals surface area contributed by atoms with Gasteiger partial charge in [-0.3, -0.25) is 4.79 Å². The summed E-state index contributed by atoms with van der Waals surface area (Å²) in [6.45, 7) is 0. The highest BCUT2D eigenvalue weighted by Gasteiger charge is 2.39. The van der Waals surface area contributed by atoms with Crippen molar-refractivity contribution in [3.63, 3.8) is 0 Å². The summed E-state index contributed by atoms with van der Waals surface area (Å²) < 4.78 is 76.8. The van der Waals surface area contributed by atoms with Gasteiger partial charge in [0.1, 0.15) is 6.42 Å². The van der Waals surface area contributed by atoms with Crippen molar-refractivity contribution in [2.75, 3.05) is 0 Å². The Hall–Kier alpha value is -2.10. The van der Waals surface area contributed by atoms with E-state index in [1.165, 1.54) is 30.3 Å². The lowest BCUT2D eigenvalue weighted by atomic mass is 9.97. The average Bonchev–Trinajstić information content (AvgIpc) is 2.63. The number of halogens is 9. The molecular weight excluding hydrogens is 495 g/mol. The summed E-state index contributed by atoms with van der Waals surface area (Å²) in [5.41, 5.74) is 1.74. The van der Waals surface area contributed by atoms with Crippen molar-refractivity contribution in [1.29, 1.82) is 0 Å². The number of alkyl halides is 6. The highest BCUT2D eigenvalue weighted by Crippen LogP contribution is 2.41. The second-order valence-corrected chi connectivity index (χ2v) is 7.36. The topological polar surface area (TPSA) is 38.3 Å². The zero-order valence-electron chi connectivity index (χ0n) is 15.1. The molecule has 0 aliphatic rings. The van der Waals surface area contributed by atoms with Crippen LogP contribution in [0.5, 0.6) is 5.75 Å². The maximum absolute atomic E-state index is 13.5. The fourth-order valence-electron chi connectivity index (χ4n) is 2.35. The Labute approximate surface area is 187 Å². The predicted molar refractivity (Wildman–Crippen MR) is 105 cm³/mol. The largest absolute Gasteiger partial charge is 0.399 e. The van der Waals surface area contributed by atoms with Gasteiger partial charge in [-0.25, -0.2) is 0 Å². The monoisotopic (exact) mass is 505 g/mol. The zero-order valence-corrected chi connectivity index (χ0v) is 17.4. The number of hydrogen-bond donors (Lipinski definition) is 1. The first-order valence-electron chi connectivity index (χ1n) is 8.28. The summed E-state index contributed by atoms with van der Waals surface area (Å²) in [6, 6.07) is 7.34. The first-order valence-corrected chi connectivity index (χ1v) is 9.41. The van der Waals surface area contributed by atoms with Crippen molar-refractivity contribution >= 4 is 46.8 Å². The summed E-state index contributed by atoms with van der Waals surface area (Å²) in [6.07, 6.45) is -8.98. The van der Waals surface area contributed by atoms with E-state index in [1.807, 2.05) is 0 Å². The first-order chi connectivity index (χ1) is 14.3. The standard InChI is InChI=1S/C19H12Cl3F6NO2/c20-14-7-11(8-15(21)17(14)22)13(19(26,27)28)6-3-10-1-4-12(5-2-10)31-29-16(30)9-18(23,24)25/h1-8,13H,9H2,(H,29,30)/b6-3+. The summed E-state index contributed by atoms with van der Waals surface area (Å²) in [4.78, 5) is 15.8. The number of carbonyl (C=O) groups is 1. The SMILES string of the molecule is O=C(CC(F)(F)F)NOc1ccc(/C=C/C(c2cc(Cl)c(Cl)c(Cl)c2)C(F)(F)F)cc1. The molecule has 1 N–H and O–H groups in total. The summed E-state index contributed by atoms with van der Waals surface area (Å²) >= 11 is 17.4. The van der Waals surface area contributed by atoms with Crippen molar-refractivity contribution < 1.29 is 36.0 Å². The second-order valence-electron chi connectivity index (χ2n) is 6.17. The fourth-order valence-corrected chi connectivity index (χ4v) is 2.97. The minimum Gasteiger partial charge on any atom is -0.380 e. The third-order valence-electron chi connectivity index (χ3n) is 3.72. The Bertz CT molecular complexity index is 936. The predicted octanol–water partition coefficient (Wildman–Crippen LogP) is 7.37. The van der Waals surface area contributed by atoms with E-state index in [0.717, 1.165) is 18.2 Å². The van der Waals surface area contributed by atoms with E-state index >= 15 is 0 Å². The molecule has 12 heteroatoms. The van der Waals surface area contributed by atoms with E-state index < -0.39 is 30.6 Å². The van der Waals surface area contributed by atoms with Crippen molar-refractivity contribution in [3.8, 4) is 5.75 Å². The maximum Gasteiger partial charge on any atom is 0.399 e. The summed E-state index contributed by atoms with van der Waals surface area (Å²) in [5.74, 6) is -3.45. The lowest BCUT2D eigenvalue weighted by molar-refractivity contribution is -0.158. The molecule has 2 rings (SSSR count). The molecule has 2 aromatic rings. The van der Waals surface area contributed by atoms with Gasteiger partial charge in [0.05, 0.1) is 21.0 Å². The van der Waals surface area contributed by atoms with E-state index in [-0.39, 0.29) is 26.4 Å². The van der Waals surface area contributed by atoms with Gasteiger partial charge in [0.2, 0.25) is 0 Å². The molecule has 0 bridgehead atoms. The highest BCUT2D eigenvalue weighted by atomic mass is 35.5. The molecule has 31 heavy (non-hydrogen) atoms. The molecule has 0 aliphatic heterocycles. The normalized spacial score (nSPS) is 13.3. The number of allylic oxidation sites excluding steroid dienone is 1. The van der Waals surface area contributed by atoms with Crippen LogP contribution in [0.4, 0.5) is 26.3 Å². The molecule has 2 aromatic carbocycles. The van der Waals surface area contributed by atoms with E-state index in [2.05, 4.69) is 0 Å². The van der Waals surface area contributed by atoms with Crippen LogP contribution in [0.25, 0.3) is 6.08 Å². The number of amides is 1. The van der Waals surface area contributed by atoms with Crippen LogP contribution in [0, 0.1) is 0 Å². The van der Waals surface area contributed by atoms with Gasteiger partial charge in [0, 0.05) is 0 Å². The Morgan fingerprint density at radius 3 is 2.03 bits per heavy atom. The molecule has 0 saturated heterocycles. The first kappa shape index (κ1) is 25.2. The van der Waals surface area contributed by atoms with Gasteiger partial charge in [-0.15, -0.1) is 0 Å². The average molecular weight is 507 g/mol. The molecule has 0 aromatic heterocycles. The summed E-state index contributed by atoms with van der Waals surface area (Å²) in [7, 11) is 0. The molecule has 3 nitrogen and oxygen atoms in total. The van der Waals surface area contributed by atoms with Crippen molar-refractivity contribution in [3.05, 3.63) is 68.7 Å². The van der Waals surface area contributed by atoms with Crippen LogP contribution in [0.15, 0.2) is 42.5 Å². The number of carbonyl (C=O) groups excluding carboxylic acids is 1. The van der Waals surface area contributed by atoms with Crippen molar-refractivity contribution in [2.24, 2.45) is 0 Å². The quantitative estimate of drug-likeness (QED) is 0.252. The second kappa shape index (κ2) is 10.0. The van der Waals surface area contributed by atoms with E-state index in [9.17, 15) is 31.1 Å². The molecule has 0 fully saturated rings. The van der Waals surface area contributed by atoms with Crippen LogP contribution in [-0.4, -0.2) is 18.3 Å². The van der Waals surface area contributed by atoms with E-state index in [1.54, 1.807) is 5.48 Å². The molecule has 0 radical (unpaired) electrons. The van der Waals surface area contributed by atoms with Gasteiger partial charge in [0.15, 0.2) is 5.75 Å². The number of nitrogens with one attached hydrogen (secondary N) is 1. The number of benzene rings is 2. The van der Waals surface area contributed by atoms with Crippen LogP contribution in [0.1, 0.15) is 23.5 Å². The number of rotatable bonds is 6. The number of hydroxylamine groups is 1. The Kier molecular flexibility index (Phi) is 8.13. The van der Waals surface area contributed by atoms with Crippen LogP contribution in [0.2, 0.25) is 15.1 Å². The van der Waals surface area contributed by atoms with Gasteiger partial charge < -0.3 is 4.84 Å². The molecule has 0 aliphatic carbocycles. The van der Waals surface area contributed by atoms with Crippen LogP contribution in [-0.2, 0) is 4.79 Å². The molecule has 0 saturated carbocycles. The van der Waals surface area contributed by atoms with Gasteiger partial charge in [-0.2, -0.15) is 31.8 Å². The van der Waals surface area contributed by atoms with Gasteiger partial charge in [-0.05, 0) is 35.4 Å². The fraction of sp³-hybridized carbons (Fsp3) is 0.211. The van der Waals surface area contributed by atoms with E-state index in [4.69, 9.17) is 39.6 Å². The van der Waals surface area contributed by atoms with Crippen molar-refractivity contribution in [1.82, 2.24) is 5.48 Å². The number of hydrogen-bond acceptors (Lipinski definition) is 2. The van der Waals surface area contributed by atoms with Crippen LogP contribution < -0.4 is 10.3 Å². The Morgan fingerprint density at radius 1 is 1.00 bits per heavy atom. The lowest BCUT2D eigenvalue weighted by Crippen LogP contribution is -2.31. The minimum absolute atomic E-state index is 0.0173. The van der Waals surface area contributed by atoms with Crippen LogP contribution >= 0.6 is 34.8 Å². The van der Waals surface area contributed by atoms with Gasteiger partial charge in [-0.1, -0.05) is 59.1 Å². The zero-order chi connectivity index (χ0) is 23.4. The maximum atomic E-state index is 13.5. The molecular formula is C19H12Cl3F6NO2. The molecule has 1 amide bonds. The molecule has 1 atom stereocenters. The van der Waals surface area contributed by atoms with Gasteiger partial charge in [0.25, 0.3) is 5.91 Å². The highest BCUT2D eigenvalue weighted by molar-refractivity contribution is 6.48. The minimum atomic E-state index is -4.68. The summed E-state index contributed by atoms with van der Waals surface area (Å²) in [5, 5.41) is -0.309. The van der Waals surface area contributed by atoms with E-state index in [0.29, 0.717) is 5.56 Å². The van der Waals surface area contributed by atoms with Crippen LogP contribution in [0.3, 0.4) is 0 Å². The molecule has 168 valence electrons. The van der Waals surface area contributed by atoms with Gasteiger partial charge >= 0.3 is 12.4 Å². The molecule has 0 heterocycles. The van der Waals surface area contributed by atoms with Crippen molar-refractivity contribution in [2.45, 2.75) is 24.7 Å². The molecule has 1 unspecified atom stereocenters. The third kappa shape index (κ3) is 7.83.